The van der Waals surface area contributed by atoms with E-state index in [0.29, 0.717) is 10.9 Å². The molecule has 1 heterocycles. The number of aromatic hydroxyl groups is 2. The minimum absolute atomic E-state index is 0.0677. The maximum absolute atomic E-state index is 12.2. The van der Waals surface area contributed by atoms with Crippen LogP contribution in [0.25, 0.3) is 22.3 Å². The fourth-order valence-corrected chi connectivity index (χ4v) is 2.18. The molecule has 0 atom stereocenters. The van der Waals surface area contributed by atoms with Gasteiger partial charge in [-0.15, -0.1) is 0 Å². The van der Waals surface area contributed by atoms with Crippen LogP contribution in [0.2, 0.25) is 0 Å². The first kappa shape index (κ1) is 13.1. The summed E-state index contributed by atoms with van der Waals surface area (Å²) in [5.41, 5.74) is 0.468. The highest BCUT2D eigenvalue weighted by Crippen LogP contribution is 2.35. The van der Waals surface area contributed by atoms with Crippen LogP contribution in [0, 0.1) is 0 Å². The number of benzene rings is 2. The summed E-state index contributed by atoms with van der Waals surface area (Å²) < 4.78 is 10.8. The first-order valence-electron chi connectivity index (χ1n) is 6.23. The Balaban J connectivity index is 2.34. The van der Waals surface area contributed by atoms with Crippen LogP contribution in [0.5, 0.6) is 17.2 Å². The molecule has 0 saturated heterocycles. The Labute approximate surface area is 119 Å². The van der Waals surface area contributed by atoms with E-state index in [2.05, 4.69) is 0 Å². The smallest absolute Gasteiger partial charge is 0.204 e. The van der Waals surface area contributed by atoms with E-state index >= 15 is 0 Å². The van der Waals surface area contributed by atoms with Gasteiger partial charge in [0.25, 0.3) is 0 Å². The van der Waals surface area contributed by atoms with Gasteiger partial charge in [-0.2, -0.15) is 0 Å². The lowest BCUT2D eigenvalue weighted by molar-refractivity contribution is 0.371. The third-order valence-corrected chi connectivity index (χ3v) is 3.17. The van der Waals surface area contributed by atoms with Crippen LogP contribution in [0.3, 0.4) is 0 Å². The van der Waals surface area contributed by atoms with Gasteiger partial charge < -0.3 is 19.4 Å². The molecule has 2 aromatic carbocycles. The second-order valence-electron chi connectivity index (χ2n) is 4.52. The van der Waals surface area contributed by atoms with Crippen molar-refractivity contribution in [2.24, 2.45) is 0 Å². The van der Waals surface area contributed by atoms with Gasteiger partial charge in [0.2, 0.25) is 5.75 Å². The van der Waals surface area contributed by atoms with Gasteiger partial charge in [-0.3, -0.25) is 4.79 Å². The van der Waals surface area contributed by atoms with Gasteiger partial charge in [-0.1, -0.05) is 12.1 Å². The molecule has 0 saturated carbocycles. The van der Waals surface area contributed by atoms with Gasteiger partial charge in [0.15, 0.2) is 16.8 Å². The summed E-state index contributed by atoms with van der Waals surface area (Å²) >= 11 is 0. The number of ether oxygens (including phenoxy) is 1. The predicted molar refractivity (Wildman–Crippen MR) is 77.8 cm³/mol. The van der Waals surface area contributed by atoms with Crippen LogP contribution < -0.4 is 10.2 Å². The average Bonchev–Trinajstić information content (AvgIpc) is 2.47. The van der Waals surface area contributed by atoms with Gasteiger partial charge in [-0.25, -0.2) is 0 Å². The van der Waals surface area contributed by atoms with Crippen molar-refractivity contribution in [3.8, 4) is 28.6 Å². The molecular formula is C16H12O5. The predicted octanol–water partition coefficient (Wildman–Crippen LogP) is 2.88. The molecular weight excluding hydrogens is 272 g/mol. The van der Waals surface area contributed by atoms with Crippen molar-refractivity contribution in [1.29, 1.82) is 0 Å². The van der Waals surface area contributed by atoms with E-state index < -0.39 is 0 Å². The van der Waals surface area contributed by atoms with Crippen molar-refractivity contribution in [1.82, 2.24) is 0 Å². The molecule has 106 valence electrons. The van der Waals surface area contributed by atoms with Crippen LogP contribution in [0.15, 0.2) is 51.7 Å². The zero-order valence-corrected chi connectivity index (χ0v) is 11.2. The van der Waals surface area contributed by atoms with Crippen LogP contribution in [0.4, 0.5) is 0 Å². The molecule has 2 N–H and O–H groups in total. The van der Waals surface area contributed by atoms with Gasteiger partial charge in [0.05, 0.1) is 12.5 Å². The van der Waals surface area contributed by atoms with E-state index in [-0.39, 0.29) is 34.0 Å². The monoisotopic (exact) mass is 284 g/mol. The average molecular weight is 284 g/mol. The number of rotatable bonds is 2. The highest BCUT2D eigenvalue weighted by atomic mass is 16.5. The van der Waals surface area contributed by atoms with Crippen LogP contribution in [-0.2, 0) is 0 Å². The Bertz CT molecular complexity index is 879. The molecule has 5 nitrogen and oxygen atoms in total. The van der Waals surface area contributed by atoms with Gasteiger partial charge >= 0.3 is 0 Å². The topological polar surface area (TPSA) is 79.9 Å². The Hall–Kier alpha value is -2.95. The second kappa shape index (κ2) is 4.86. The SMILES string of the molecule is COc1c(O)ccc2c(=O)cc(-c3cccc(O)c3)oc12. The first-order valence-corrected chi connectivity index (χ1v) is 6.23. The van der Waals surface area contributed by atoms with E-state index in [1.54, 1.807) is 12.1 Å². The lowest BCUT2D eigenvalue weighted by Crippen LogP contribution is -2.01. The molecule has 0 unspecified atom stereocenters. The minimum Gasteiger partial charge on any atom is -0.508 e. The highest BCUT2D eigenvalue weighted by molar-refractivity contribution is 5.86. The van der Waals surface area contributed by atoms with Crippen LogP contribution >= 0.6 is 0 Å². The molecule has 0 bridgehead atoms. The van der Waals surface area contributed by atoms with Gasteiger partial charge in [0.1, 0.15) is 11.5 Å². The number of hydrogen-bond donors (Lipinski definition) is 2. The summed E-state index contributed by atoms with van der Waals surface area (Å²) in [6, 6.07) is 10.6. The summed E-state index contributed by atoms with van der Waals surface area (Å²) in [7, 11) is 1.38. The van der Waals surface area contributed by atoms with Crippen LogP contribution in [0.1, 0.15) is 0 Å². The molecule has 3 aromatic rings. The summed E-state index contributed by atoms with van der Waals surface area (Å²) in [6.07, 6.45) is 0. The fourth-order valence-electron chi connectivity index (χ4n) is 2.18. The van der Waals surface area contributed by atoms with Crippen molar-refractivity contribution in [2.75, 3.05) is 7.11 Å². The van der Waals surface area contributed by atoms with Crippen molar-refractivity contribution >= 4 is 11.0 Å². The first-order chi connectivity index (χ1) is 10.1. The largest absolute Gasteiger partial charge is 0.508 e. The molecule has 0 fully saturated rings. The highest BCUT2D eigenvalue weighted by Gasteiger charge is 2.14. The number of phenols is 2. The van der Waals surface area contributed by atoms with E-state index in [1.165, 1.54) is 37.4 Å². The molecule has 0 aliphatic carbocycles. The van der Waals surface area contributed by atoms with E-state index in [4.69, 9.17) is 9.15 Å². The van der Waals surface area contributed by atoms with Crippen molar-refractivity contribution in [2.45, 2.75) is 0 Å². The van der Waals surface area contributed by atoms with Crippen molar-refractivity contribution in [3.05, 3.63) is 52.7 Å². The molecule has 0 amide bonds. The second-order valence-corrected chi connectivity index (χ2v) is 4.52. The minimum atomic E-state index is -0.257. The third-order valence-electron chi connectivity index (χ3n) is 3.17. The lowest BCUT2D eigenvalue weighted by atomic mass is 10.1. The maximum Gasteiger partial charge on any atom is 0.204 e. The lowest BCUT2D eigenvalue weighted by Gasteiger charge is -2.08. The van der Waals surface area contributed by atoms with E-state index in [9.17, 15) is 15.0 Å². The van der Waals surface area contributed by atoms with Gasteiger partial charge in [-0.05, 0) is 24.3 Å². The third kappa shape index (κ3) is 2.18. The van der Waals surface area contributed by atoms with Gasteiger partial charge in [0, 0.05) is 11.6 Å². The quantitative estimate of drug-likeness (QED) is 0.756. The Morgan fingerprint density at radius 1 is 1.10 bits per heavy atom. The Morgan fingerprint density at radius 2 is 1.90 bits per heavy atom. The summed E-state index contributed by atoms with van der Waals surface area (Å²) in [4.78, 5) is 12.2. The summed E-state index contributed by atoms with van der Waals surface area (Å²) in [5, 5.41) is 19.6. The zero-order valence-electron chi connectivity index (χ0n) is 11.2. The summed E-state index contributed by atoms with van der Waals surface area (Å²) in [5.74, 6) is 0.346. The molecule has 0 radical (unpaired) electrons. The van der Waals surface area contributed by atoms with Crippen LogP contribution in [-0.4, -0.2) is 17.3 Å². The fraction of sp³-hybridized carbons (Fsp3) is 0.0625. The van der Waals surface area contributed by atoms with Crippen molar-refractivity contribution in [3.63, 3.8) is 0 Å². The number of methoxy groups -OCH3 is 1. The molecule has 21 heavy (non-hydrogen) atoms. The molecule has 5 heteroatoms. The van der Waals surface area contributed by atoms with Crippen molar-refractivity contribution < 1.29 is 19.4 Å². The molecule has 0 aliphatic heterocycles. The Kier molecular flexibility index (Phi) is 3.02. The van der Waals surface area contributed by atoms with E-state index in [1.807, 2.05) is 0 Å². The Morgan fingerprint density at radius 3 is 2.62 bits per heavy atom. The molecule has 0 aliphatic rings. The maximum atomic E-state index is 12.2. The zero-order chi connectivity index (χ0) is 15.0. The molecule has 1 aromatic heterocycles. The number of fused-ring (bicyclic) bond motifs is 1. The van der Waals surface area contributed by atoms with E-state index in [0.717, 1.165) is 0 Å². The number of phenolic OH excluding ortho intramolecular Hbond substituents is 2. The summed E-state index contributed by atoms with van der Waals surface area (Å²) in [6.45, 7) is 0. The molecule has 3 rings (SSSR count). The normalized spacial score (nSPS) is 10.7. The number of hydrogen-bond acceptors (Lipinski definition) is 5. The standard InChI is InChI=1S/C16H12O5/c1-20-16-12(18)6-5-11-13(19)8-14(21-15(11)16)9-3-2-4-10(17)7-9/h2-8,17-18H,1H3. The molecule has 0 spiro atoms.